The van der Waals surface area contributed by atoms with Crippen molar-refractivity contribution in [2.24, 2.45) is 5.84 Å². The van der Waals surface area contributed by atoms with Gasteiger partial charge in [0, 0.05) is 10.0 Å². The summed E-state index contributed by atoms with van der Waals surface area (Å²) >= 11 is 15.1. The van der Waals surface area contributed by atoms with Gasteiger partial charge in [-0.1, -0.05) is 35.3 Å². The van der Waals surface area contributed by atoms with Crippen LogP contribution in [-0.2, 0) is 6.42 Å². The molecule has 2 nitrogen and oxygen atoms in total. The molecule has 106 valence electrons. The van der Waals surface area contributed by atoms with Gasteiger partial charge in [0.15, 0.2) is 0 Å². The Kier molecular flexibility index (Phi) is 5.41. The maximum Gasteiger partial charge on any atom is 0.137 e. The lowest BCUT2D eigenvalue weighted by molar-refractivity contribution is 0.543. The first-order valence-electron chi connectivity index (χ1n) is 5.86. The number of benzene rings is 2. The second-order valence-corrected chi connectivity index (χ2v) is 6.03. The number of nitrogens with two attached hydrogens (primary N) is 1. The van der Waals surface area contributed by atoms with E-state index in [4.69, 9.17) is 29.0 Å². The molecule has 1 atom stereocenters. The Morgan fingerprint density at radius 3 is 2.55 bits per heavy atom. The highest BCUT2D eigenvalue weighted by atomic mass is 79.9. The quantitative estimate of drug-likeness (QED) is 0.601. The molecule has 0 fully saturated rings. The van der Waals surface area contributed by atoms with Gasteiger partial charge in [-0.15, -0.1) is 0 Å². The largest absolute Gasteiger partial charge is 0.271 e. The minimum Gasteiger partial charge on any atom is -0.271 e. The fourth-order valence-electron chi connectivity index (χ4n) is 1.91. The monoisotopic (exact) mass is 376 g/mol. The van der Waals surface area contributed by atoms with E-state index in [9.17, 15) is 4.39 Å². The first-order valence-corrected chi connectivity index (χ1v) is 7.41. The predicted octanol–water partition coefficient (Wildman–Crippen LogP) is 4.64. The molecule has 0 saturated carbocycles. The Morgan fingerprint density at radius 2 is 1.95 bits per heavy atom. The third-order valence-corrected chi connectivity index (χ3v) is 4.22. The van der Waals surface area contributed by atoms with Gasteiger partial charge >= 0.3 is 0 Å². The Hall–Kier alpha value is -0.650. The van der Waals surface area contributed by atoms with Crippen molar-refractivity contribution >= 4 is 39.1 Å². The number of halogens is 4. The fraction of sp³-hybridized carbons (Fsp3) is 0.143. The van der Waals surface area contributed by atoms with Crippen LogP contribution in [0.5, 0.6) is 0 Å². The molecule has 0 amide bonds. The van der Waals surface area contributed by atoms with Gasteiger partial charge in [-0.3, -0.25) is 11.3 Å². The van der Waals surface area contributed by atoms with Crippen LogP contribution in [0.2, 0.25) is 10.0 Å². The minimum absolute atomic E-state index is 0.240. The van der Waals surface area contributed by atoms with Crippen molar-refractivity contribution in [2.75, 3.05) is 0 Å². The molecule has 0 saturated heterocycles. The third kappa shape index (κ3) is 3.71. The maximum atomic E-state index is 13.6. The van der Waals surface area contributed by atoms with Gasteiger partial charge in [0.25, 0.3) is 0 Å². The van der Waals surface area contributed by atoms with Gasteiger partial charge in [-0.05, 0) is 57.7 Å². The Labute approximate surface area is 135 Å². The van der Waals surface area contributed by atoms with Crippen molar-refractivity contribution in [3.8, 4) is 0 Å². The van der Waals surface area contributed by atoms with E-state index in [2.05, 4.69) is 21.4 Å². The van der Waals surface area contributed by atoms with E-state index in [1.165, 1.54) is 6.07 Å². The molecule has 6 heteroatoms. The van der Waals surface area contributed by atoms with E-state index in [0.717, 1.165) is 11.1 Å². The van der Waals surface area contributed by atoms with E-state index in [-0.39, 0.29) is 11.9 Å². The molecule has 20 heavy (non-hydrogen) atoms. The smallest absolute Gasteiger partial charge is 0.137 e. The number of hydrogen-bond acceptors (Lipinski definition) is 2. The molecule has 1 unspecified atom stereocenters. The van der Waals surface area contributed by atoms with Crippen LogP contribution in [0.3, 0.4) is 0 Å². The average molecular weight is 378 g/mol. The van der Waals surface area contributed by atoms with Gasteiger partial charge in [0.05, 0.1) is 10.5 Å². The predicted molar refractivity (Wildman–Crippen MR) is 84.3 cm³/mol. The lowest BCUT2D eigenvalue weighted by Crippen LogP contribution is -2.29. The molecular formula is C14H12BrCl2FN2. The van der Waals surface area contributed by atoms with Crippen molar-refractivity contribution in [1.29, 1.82) is 0 Å². The normalized spacial score (nSPS) is 12.4. The molecule has 2 aromatic carbocycles. The van der Waals surface area contributed by atoms with Crippen LogP contribution in [0.25, 0.3) is 0 Å². The topological polar surface area (TPSA) is 38.0 Å². The Balaban J connectivity index is 2.26. The highest BCUT2D eigenvalue weighted by Gasteiger charge is 2.14. The number of hydrogen-bond donors (Lipinski definition) is 2. The lowest BCUT2D eigenvalue weighted by Gasteiger charge is -2.17. The van der Waals surface area contributed by atoms with Gasteiger partial charge < -0.3 is 0 Å². The molecule has 0 aliphatic carbocycles. The second kappa shape index (κ2) is 6.87. The molecule has 3 N–H and O–H groups in total. The van der Waals surface area contributed by atoms with Crippen LogP contribution in [0.15, 0.2) is 40.9 Å². The minimum atomic E-state index is -0.329. The van der Waals surface area contributed by atoms with E-state index < -0.39 is 0 Å². The first-order chi connectivity index (χ1) is 9.51. The van der Waals surface area contributed by atoms with Crippen LogP contribution in [0.1, 0.15) is 17.2 Å². The van der Waals surface area contributed by atoms with Gasteiger partial charge in [0.2, 0.25) is 0 Å². The van der Waals surface area contributed by atoms with Crippen LogP contribution >= 0.6 is 39.1 Å². The van der Waals surface area contributed by atoms with Crippen molar-refractivity contribution in [3.63, 3.8) is 0 Å². The highest BCUT2D eigenvalue weighted by Crippen LogP contribution is 2.27. The van der Waals surface area contributed by atoms with Crippen LogP contribution in [-0.4, -0.2) is 0 Å². The molecule has 2 rings (SSSR count). The first kappa shape index (κ1) is 15.7. The summed E-state index contributed by atoms with van der Waals surface area (Å²) in [7, 11) is 0. The lowest BCUT2D eigenvalue weighted by atomic mass is 9.99. The molecule has 0 spiro atoms. The standard InChI is InChI=1S/C14H12BrCl2FN2/c15-11-4-2-9(5-13(11)18)14(20-19)6-8-1-3-10(16)7-12(8)17/h1-5,7,14,20H,6,19H2. The zero-order valence-corrected chi connectivity index (χ0v) is 13.4. The third-order valence-electron chi connectivity index (χ3n) is 2.99. The summed E-state index contributed by atoms with van der Waals surface area (Å²) in [5.41, 5.74) is 4.32. The van der Waals surface area contributed by atoms with Crippen LogP contribution in [0.4, 0.5) is 4.39 Å². The van der Waals surface area contributed by atoms with E-state index in [1.54, 1.807) is 18.2 Å². The zero-order valence-electron chi connectivity index (χ0n) is 10.3. The molecule has 0 aliphatic rings. The van der Waals surface area contributed by atoms with Crippen molar-refractivity contribution in [1.82, 2.24) is 5.43 Å². The number of nitrogens with one attached hydrogen (secondary N) is 1. The van der Waals surface area contributed by atoms with Gasteiger partial charge in [0.1, 0.15) is 5.82 Å². The fourth-order valence-corrected chi connectivity index (χ4v) is 2.64. The molecule has 0 radical (unpaired) electrons. The Bertz CT molecular complexity index is 622. The summed E-state index contributed by atoms with van der Waals surface area (Å²) in [4.78, 5) is 0. The summed E-state index contributed by atoms with van der Waals surface area (Å²) in [6.45, 7) is 0. The van der Waals surface area contributed by atoms with Crippen molar-refractivity contribution in [2.45, 2.75) is 12.5 Å². The molecule has 2 aromatic rings. The number of rotatable bonds is 4. The van der Waals surface area contributed by atoms with Crippen molar-refractivity contribution < 1.29 is 4.39 Å². The summed E-state index contributed by atoms with van der Waals surface area (Å²) in [6, 6.07) is 9.94. The van der Waals surface area contributed by atoms with Crippen LogP contribution in [0, 0.1) is 5.82 Å². The summed E-state index contributed by atoms with van der Waals surface area (Å²) < 4.78 is 14.0. The molecule has 0 bridgehead atoms. The summed E-state index contributed by atoms with van der Waals surface area (Å²) in [6.07, 6.45) is 0.535. The summed E-state index contributed by atoms with van der Waals surface area (Å²) in [5.74, 6) is 5.24. The van der Waals surface area contributed by atoms with Crippen molar-refractivity contribution in [3.05, 3.63) is 67.9 Å². The highest BCUT2D eigenvalue weighted by molar-refractivity contribution is 9.10. The van der Waals surface area contributed by atoms with E-state index in [0.29, 0.717) is 20.9 Å². The van der Waals surface area contributed by atoms with E-state index in [1.807, 2.05) is 12.1 Å². The molecule has 0 aromatic heterocycles. The zero-order chi connectivity index (χ0) is 14.7. The molecule has 0 aliphatic heterocycles. The average Bonchev–Trinajstić information content (AvgIpc) is 2.41. The number of hydrazine groups is 1. The second-order valence-electron chi connectivity index (χ2n) is 4.33. The molecular weight excluding hydrogens is 366 g/mol. The summed E-state index contributed by atoms with van der Waals surface area (Å²) in [5, 5.41) is 1.14. The SMILES string of the molecule is NNC(Cc1ccc(Cl)cc1Cl)c1ccc(Br)c(F)c1. The maximum absolute atomic E-state index is 13.6. The van der Waals surface area contributed by atoms with Crippen LogP contribution < -0.4 is 11.3 Å². The Morgan fingerprint density at radius 1 is 1.20 bits per heavy atom. The van der Waals surface area contributed by atoms with Gasteiger partial charge in [-0.25, -0.2) is 4.39 Å². The molecule has 0 heterocycles. The van der Waals surface area contributed by atoms with Gasteiger partial charge in [-0.2, -0.15) is 0 Å². The van der Waals surface area contributed by atoms with E-state index >= 15 is 0 Å².